The van der Waals surface area contributed by atoms with Gasteiger partial charge in [-0.2, -0.15) is 0 Å². The van der Waals surface area contributed by atoms with Crippen molar-refractivity contribution in [3.63, 3.8) is 0 Å². The summed E-state index contributed by atoms with van der Waals surface area (Å²) in [5.74, 6) is 0. The van der Waals surface area contributed by atoms with Crippen molar-refractivity contribution in [2.45, 2.75) is 130 Å². The molecule has 0 bridgehead atoms. The van der Waals surface area contributed by atoms with Gasteiger partial charge in [0, 0.05) is 0 Å². The second-order valence-electron chi connectivity index (χ2n) is 7.84. The number of rotatable bonds is 16. The highest BCUT2D eigenvalue weighted by molar-refractivity contribution is 5.22. The van der Waals surface area contributed by atoms with E-state index in [0.29, 0.717) is 0 Å². The second kappa shape index (κ2) is 15.2. The molecule has 1 heterocycles. The van der Waals surface area contributed by atoms with E-state index in [0.717, 1.165) is 25.7 Å². The largest absolute Gasteiger partial charge is 0.254 e. The van der Waals surface area contributed by atoms with Gasteiger partial charge in [-0.25, -0.2) is 0 Å². The zero-order chi connectivity index (χ0) is 19.0. The van der Waals surface area contributed by atoms with Gasteiger partial charge in [0.15, 0.2) is 0 Å². The maximum Gasteiger partial charge on any atom is 0.0622 e. The Morgan fingerprint density at radius 1 is 0.385 bits per heavy atom. The van der Waals surface area contributed by atoms with Crippen molar-refractivity contribution in [1.82, 2.24) is 9.97 Å². The van der Waals surface area contributed by atoms with E-state index in [9.17, 15) is 0 Å². The molecule has 0 saturated heterocycles. The van der Waals surface area contributed by atoms with Gasteiger partial charge in [0.05, 0.1) is 22.8 Å². The van der Waals surface area contributed by atoms with Gasteiger partial charge in [-0.1, -0.05) is 79.1 Å². The summed E-state index contributed by atoms with van der Waals surface area (Å²) in [5.41, 5.74) is 5.28. The van der Waals surface area contributed by atoms with Crippen LogP contribution < -0.4 is 0 Å². The molecule has 1 rings (SSSR count). The van der Waals surface area contributed by atoms with Crippen LogP contribution in [0.3, 0.4) is 0 Å². The van der Waals surface area contributed by atoms with Crippen molar-refractivity contribution in [3.8, 4) is 0 Å². The summed E-state index contributed by atoms with van der Waals surface area (Å²) in [4.78, 5) is 10.4. The lowest BCUT2D eigenvalue weighted by molar-refractivity contribution is 0.635. The van der Waals surface area contributed by atoms with Crippen LogP contribution in [0.4, 0.5) is 0 Å². The van der Waals surface area contributed by atoms with Gasteiger partial charge in [-0.15, -0.1) is 0 Å². The van der Waals surface area contributed by atoms with E-state index in [1.165, 1.54) is 99.8 Å². The second-order valence-corrected chi connectivity index (χ2v) is 7.84. The molecule has 0 aromatic carbocycles. The maximum atomic E-state index is 5.21. The topological polar surface area (TPSA) is 25.8 Å². The number of unbranched alkanes of at least 4 members (excludes halogenated alkanes) is 8. The van der Waals surface area contributed by atoms with E-state index in [-0.39, 0.29) is 0 Å². The van der Waals surface area contributed by atoms with Gasteiger partial charge in [-0.05, 0) is 51.4 Å². The number of nitrogens with zero attached hydrogens (tertiary/aromatic N) is 2. The minimum Gasteiger partial charge on any atom is -0.254 e. The summed E-state index contributed by atoms with van der Waals surface area (Å²) in [7, 11) is 0. The lowest BCUT2D eigenvalue weighted by atomic mass is 10.0. The highest BCUT2D eigenvalue weighted by Crippen LogP contribution is 2.19. The molecule has 0 amide bonds. The SMILES string of the molecule is CCCCCc1nc(CCCCC)c(CCCCC)nc1CCCCC. The van der Waals surface area contributed by atoms with Gasteiger partial charge < -0.3 is 0 Å². The standard InChI is InChI=1S/C24H44N2/c1-5-9-13-17-21-22(18-14-10-6-2)26-24(20-16-12-8-4)23(25-21)19-15-11-7-3/h5-20H2,1-4H3. The lowest BCUT2D eigenvalue weighted by Crippen LogP contribution is -2.11. The normalized spacial score (nSPS) is 11.2. The first-order chi connectivity index (χ1) is 12.8. The van der Waals surface area contributed by atoms with Crippen LogP contribution in [0.2, 0.25) is 0 Å². The Kier molecular flexibility index (Phi) is 13.5. The number of hydrogen-bond donors (Lipinski definition) is 0. The van der Waals surface area contributed by atoms with Crippen molar-refractivity contribution in [3.05, 3.63) is 22.8 Å². The van der Waals surface area contributed by atoms with E-state index in [2.05, 4.69) is 27.7 Å². The fourth-order valence-electron chi connectivity index (χ4n) is 3.55. The van der Waals surface area contributed by atoms with Gasteiger partial charge in [0.2, 0.25) is 0 Å². The third-order valence-electron chi connectivity index (χ3n) is 5.27. The minimum absolute atomic E-state index is 1.12. The van der Waals surface area contributed by atoms with Crippen LogP contribution in [0.5, 0.6) is 0 Å². The monoisotopic (exact) mass is 360 g/mol. The van der Waals surface area contributed by atoms with Crippen LogP contribution in [0.15, 0.2) is 0 Å². The van der Waals surface area contributed by atoms with Crippen molar-refractivity contribution in [2.75, 3.05) is 0 Å². The van der Waals surface area contributed by atoms with E-state index in [1.54, 1.807) is 0 Å². The molecule has 2 heteroatoms. The summed E-state index contributed by atoms with van der Waals surface area (Å²) in [5, 5.41) is 0. The molecular formula is C24H44N2. The predicted octanol–water partition coefficient (Wildman–Crippen LogP) is 7.41. The zero-order valence-electron chi connectivity index (χ0n) is 18.2. The molecule has 0 aliphatic carbocycles. The van der Waals surface area contributed by atoms with Gasteiger partial charge in [0.1, 0.15) is 0 Å². The quantitative estimate of drug-likeness (QED) is 0.287. The van der Waals surface area contributed by atoms with Gasteiger partial charge in [-0.3, -0.25) is 9.97 Å². The van der Waals surface area contributed by atoms with Crippen LogP contribution in [-0.4, -0.2) is 9.97 Å². The van der Waals surface area contributed by atoms with E-state index < -0.39 is 0 Å². The summed E-state index contributed by atoms with van der Waals surface area (Å²) in [6.45, 7) is 9.11. The molecule has 0 aliphatic rings. The Morgan fingerprint density at radius 3 is 0.808 bits per heavy atom. The fraction of sp³-hybridized carbons (Fsp3) is 0.833. The molecule has 0 N–H and O–H groups in total. The Bertz CT molecular complexity index is 385. The van der Waals surface area contributed by atoms with Crippen molar-refractivity contribution in [1.29, 1.82) is 0 Å². The Labute approximate surface area is 163 Å². The highest BCUT2D eigenvalue weighted by Gasteiger charge is 2.13. The van der Waals surface area contributed by atoms with Crippen LogP contribution in [0, 0.1) is 0 Å². The molecule has 2 nitrogen and oxygen atoms in total. The first kappa shape index (κ1) is 23.1. The first-order valence-corrected chi connectivity index (χ1v) is 11.6. The van der Waals surface area contributed by atoms with Crippen molar-refractivity contribution in [2.24, 2.45) is 0 Å². The number of aryl methyl sites for hydroxylation is 4. The molecule has 150 valence electrons. The minimum atomic E-state index is 1.12. The third kappa shape index (κ3) is 9.14. The molecule has 0 radical (unpaired) electrons. The molecule has 0 aliphatic heterocycles. The third-order valence-corrected chi connectivity index (χ3v) is 5.27. The van der Waals surface area contributed by atoms with Crippen molar-refractivity contribution < 1.29 is 0 Å². The molecule has 0 fully saturated rings. The van der Waals surface area contributed by atoms with E-state index in [1.807, 2.05) is 0 Å². The van der Waals surface area contributed by atoms with Gasteiger partial charge >= 0.3 is 0 Å². The fourth-order valence-corrected chi connectivity index (χ4v) is 3.55. The van der Waals surface area contributed by atoms with Gasteiger partial charge in [0.25, 0.3) is 0 Å². The van der Waals surface area contributed by atoms with E-state index >= 15 is 0 Å². The molecule has 1 aromatic heterocycles. The first-order valence-electron chi connectivity index (χ1n) is 11.6. The van der Waals surface area contributed by atoms with Crippen LogP contribution in [0.1, 0.15) is 128 Å². The van der Waals surface area contributed by atoms with Crippen LogP contribution in [0.25, 0.3) is 0 Å². The summed E-state index contributed by atoms with van der Waals surface area (Å²) >= 11 is 0. The Balaban J connectivity index is 2.98. The average molecular weight is 361 g/mol. The Morgan fingerprint density at radius 2 is 0.615 bits per heavy atom. The molecular weight excluding hydrogens is 316 g/mol. The lowest BCUT2D eigenvalue weighted by Gasteiger charge is -2.15. The predicted molar refractivity (Wildman–Crippen MR) is 115 cm³/mol. The number of hydrogen-bond acceptors (Lipinski definition) is 2. The Hall–Kier alpha value is -0.920. The molecule has 0 atom stereocenters. The van der Waals surface area contributed by atoms with E-state index in [4.69, 9.17) is 9.97 Å². The molecule has 0 saturated carbocycles. The summed E-state index contributed by atoms with van der Waals surface area (Å²) in [6, 6.07) is 0. The molecule has 0 spiro atoms. The van der Waals surface area contributed by atoms with Crippen LogP contribution >= 0.6 is 0 Å². The van der Waals surface area contributed by atoms with Crippen LogP contribution in [-0.2, 0) is 25.7 Å². The summed E-state index contributed by atoms with van der Waals surface area (Å²) in [6.07, 6.45) is 19.9. The molecule has 1 aromatic rings. The smallest absolute Gasteiger partial charge is 0.0622 e. The van der Waals surface area contributed by atoms with Crippen molar-refractivity contribution >= 4 is 0 Å². The summed E-state index contributed by atoms with van der Waals surface area (Å²) < 4.78 is 0. The number of aromatic nitrogens is 2. The average Bonchev–Trinajstić information content (AvgIpc) is 2.64. The highest BCUT2D eigenvalue weighted by atomic mass is 14.8. The maximum absolute atomic E-state index is 5.21. The zero-order valence-corrected chi connectivity index (χ0v) is 18.2. The molecule has 0 unspecified atom stereocenters. The molecule has 26 heavy (non-hydrogen) atoms.